The molecule has 4 heteroatoms. The standard InChI is InChI=1S/C15H32N2O2/c1-13(2)16-11-15(7-5-6-8-15)12-17(3)9-14(18)10-19-4/h13-14,16,18H,5-12H2,1-4H3. The fourth-order valence-electron chi connectivity index (χ4n) is 3.18. The highest BCUT2D eigenvalue weighted by Crippen LogP contribution is 2.38. The van der Waals surface area contributed by atoms with Crippen LogP contribution in [-0.4, -0.2) is 62.6 Å². The zero-order chi connectivity index (χ0) is 14.3. The van der Waals surface area contributed by atoms with Gasteiger partial charge in [-0.25, -0.2) is 0 Å². The first-order valence-corrected chi connectivity index (χ1v) is 7.56. The molecular weight excluding hydrogens is 240 g/mol. The van der Waals surface area contributed by atoms with Crippen LogP contribution in [0.2, 0.25) is 0 Å². The van der Waals surface area contributed by atoms with Crippen LogP contribution in [0.5, 0.6) is 0 Å². The number of hydrogen-bond acceptors (Lipinski definition) is 4. The van der Waals surface area contributed by atoms with Crippen molar-refractivity contribution in [3.63, 3.8) is 0 Å². The van der Waals surface area contributed by atoms with E-state index in [0.29, 0.717) is 24.6 Å². The van der Waals surface area contributed by atoms with Crippen molar-refractivity contribution in [3.05, 3.63) is 0 Å². The van der Waals surface area contributed by atoms with Crippen molar-refractivity contribution < 1.29 is 9.84 Å². The zero-order valence-electron chi connectivity index (χ0n) is 13.1. The molecular formula is C15H32N2O2. The SMILES string of the molecule is COCC(O)CN(C)CC1(CNC(C)C)CCCC1. The van der Waals surface area contributed by atoms with E-state index in [0.717, 1.165) is 13.1 Å². The Labute approximate surface area is 118 Å². The molecule has 0 aromatic heterocycles. The topological polar surface area (TPSA) is 44.7 Å². The Balaban J connectivity index is 2.43. The molecule has 0 heterocycles. The lowest BCUT2D eigenvalue weighted by molar-refractivity contribution is 0.0333. The van der Waals surface area contributed by atoms with E-state index in [1.807, 2.05) is 0 Å². The minimum absolute atomic E-state index is 0.383. The molecule has 1 saturated carbocycles. The normalized spacial score (nSPS) is 20.4. The van der Waals surface area contributed by atoms with Crippen molar-refractivity contribution in [2.75, 3.05) is 40.4 Å². The van der Waals surface area contributed by atoms with Crippen LogP contribution in [0.25, 0.3) is 0 Å². The summed E-state index contributed by atoms with van der Waals surface area (Å²) in [6.45, 7) is 7.67. The zero-order valence-corrected chi connectivity index (χ0v) is 13.1. The summed E-state index contributed by atoms with van der Waals surface area (Å²) < 4.78 is 4.99. The Morgan fingerprint density at radius 2 is 1.95 bits per heavy atom. The largest absolute Gasteiger partial charge is 0.389 e. The minimum Gasteiger partial charge on any atom is -0.389 e. The lowest BCUT2D eigenvalue weighted by Gasteiger charge is -2.35. The third-order valence-electron chi connectivity index (χ3n) is 4.04. The van der Waals surface area contributed by atoms with Crippen molar-refractivity contribution >= 4 is 0 Å². The highest BCUT2D eigenvalue weighted by molar-refractivity contribution is 4.89. The Morgan fingerprint density at radius 1 is 1.32 bits per heavy atom. The molecule has 1 unspecified atom stereocenters. The van der Waals surface area contributed by atoms with E-state index in [1.165, 1.54) is 25.7 Å². The van der Waals surface area contributed by atoms with Gasteiger partial charge in [-0.05, 0) is 25.3 Å². The smallest absolute Gasteiger partial charge is 0.0899 e. The molecule has 0 radical (unpaired) electrons. The number of aliphatic hydroxyl groups is 1. The van der Waals surface area contributed by atoms with E-state index in [1.54, 1.807) is 7.11 Å². The Morgan fingerprint density at radius 3 is 2.47 bits per heavy atom. The maximum atomic E-state index is 9.81. The number of nitrogens with one attached hydrogen (secondary N) is 1. The van der Waals surface area contributed by atoms with Gasteiger partial charge in [-0.3, -0.25) is 0 Å². The second kappa shape index (κ2) is 8.20. The van der Waals surface area contributed by atoms with Gasteiger partial charge in [0.05, 0.1) is 12.7 Å². The molecule has 1 aliphatic carbocycles. The average Bonchev–Trinajstić information content (AvgIpc) is 2.75. The number of nitrogens with zero attached hydrogens (tertiary/aromatic N) is 1. The molecule has 0 spiro atoms. The molecule has 114 valence electrons. The van der Waals surface area contributed by atoms with E-state index in [-0.39, 0.29) is 6.10 Å². The monoisotopic (exact) mass is 272 g/mol. The van der Waals surface area contributed by atoms with Crippen LogP contribution in [-0.2, 0) is 4.74 Å². The van der Waals surface area contributed by atoms with Gasteiger partial charge >= 0.3 is 0 Å². The van der Waals surface area contributed by atoms with Crippen molar-refractivity contribution in [3.8, 4) is 0 Å². The predicted octanol–water partition coefficient (Wildman–Crippen LogP) is 1.48. The van der Waals surface area contributed by atoms with Crippen LogP contribution in [0.1, 0.15) is 39.5 Å². The molecule has 0 amide bonds. The van der Waals surface area contributed by atoms with Gasteiger partial charge in [0.25, 0.3) is 0 Å². The van der Waals surface area contributed by atoms with Gasteiger partial charge < -0.3 is 20.1 Å². The fourth-order valence-corrected chi connectivity index (χ4v) is 3.18. The van der Waals surface area contributed by atoms with Gasteiger partial charge in [-0.2, -0.15) is 0 Å². The molecule has 0 aliphatic heterocycles. The number of rotatable bonds is 9. The minimum atomic E-state index is -0.383. The molecule has 1 rings (SSSR count). The summed E-state index contributed by atoms with van der Waals surface area (Å²) >= 11 is 0. The molecule has 0 aromatic rings. The molecule has 19 heavy (non-hydrogen) atoms. The van der Waals surface area contributed by atoms with E-state index in [4.69, 9.17) is 4.74 Å². The fraction of sp³-hybridized carbons (Fsp3) is 1.00. The van der Waals surface area contributed by atoms with Gasteiger partial charge in [0.15, 0.2) is 0 Å². The van der Waals surface area contributed by atoms with Crippen molar-refractivity contribution in [2.45, 2.75) is 51.7 Å². The average molecular weight is 272 g/mol. The molecule has 1 aliphatic rings. The Hall–Kier alpha value is -0.160. The van der Waals surface area contributed by atoms with E-state index in [9.17, 15) is 5.11 Å². The summed E-state index contributed by atoms with van der Waals surface area (Å²) in [6, 6.07) is 0.543. The van der Waals surface area contributed by atoms with Crippen molar-refractivity contribution in [2.24, 2.45) is 5.41 Å². The number of aliphatic hydroxyl groups excluding tert-OH is 1. The van der Waals surface area contributed by atoms with E-state index in [2.05, 4.69) is 31.1 Å². The van der Waals surface area contributed by atoms with E-state index < -0.39 is 0 Å². The summed E-state index contributed by atoms with van der Waals surface area (Å²) in [6.07, 6.45) is 4.91. The van der Waals surface area contributed by atoms with Crippen LogP contribution in [0.4, 0.5) is 0 Å². The van der Waals surface area contributed by atoms with Gasteiger partial charge in [-0.15, -0.1) is 0 Å². The Kier molecular flexibility index (Phi) is 7.29. The highest BCUT2D eigenvalue weighted by Gasteiger charge is 2.34. The van der Waals surface area contributed by atoms with Crippen LogP contribution in [0.3, 0.4) is 0 Å². The van der Waals surface area contributed by atoms with Crippen molar-refractivity contribution in [1.82, 2.24) is 10.2 Å². The first kappa shape index (κ1) is 16.9. The highest BCUT2D eigenvalue weighted by atomic mass is 16.5. The molecule has 4 nitrogen and oxygen atoms in total. The van der Waals surface area contributed by atoms with Crippen molar-refractivity contribution in [1.29, 1.82) is 0 Å². The molecule has 1 fully saturated rings. The summed E-state index contributed by atoms with van der Waals surface area (Å²) in [5, 5.41) is 13.4. The van der Waals surface area contributed by atoms with Crippen LogP contribution in [0, 0.1) is 5.41 Å². The third-order valence-corrected chi connectivity index (χ3v) is 4.04. The molecule has 2 N–H and O–H groups in total. The first-order chi connectivity index (χ1) is 8.97. The second-order valence-electron chi connectivity index (χ2n) is 6.55. The summed E-state index contributed by atoms with van der Waals surface area (Å²) in [7, 11) is 3.74. The number of hydrogen-bond donors (Lipinski definition) is 2. The van der Waals surface area contributed by atoms with E-state index >= 15 is 0 Å². The summed E-state index contributed by atoms with van der Waals surface area (Å²) in [5.41, 5.74) is 0.395. The maximum absolute atomic E-state index is 9.81. The molecule has 0 saturated heterocycles. The Bertz CT molecular complexity index is 240. The number of likely N-dealkylation sites (N-methyl/N-ethyl adjacent to an activating group) is 1. The number of methoxy groups -OCH3 is 1. The van der Waals surface area contributed by atoms with Crippen LogP contribution < -0.4 is 5.32 Å². The summed E-state index contributed by atoms with van der Waals surface area (Å²) in [4.78, 5) is 2.26. The maximum Gasteiger partial charge on any atom is 0.0899 e. The van der Waals surface area contributed by atoms with Crippen LogP contribution >= 0.6 is 0 Å². The lowest BCUT2D eigenvalue weighted by atomic mass is 9.85. The molecule has 0 aromatic carbocycles. The third kappa shape index (κ3) is 6.21. The molecule has 1 atom stereocenters. The van der Waals surface area contributed by atoms with Gasteiger partial charge in [0.2, 0.25) is 0 Å². The first-order valence-electron chi connectivity index (χ1n) is 7.56. The lowest BCUT2D eigenvalue weighted by Crippen LogP contribution is -2.45. The molecule has 0 bridgehead atoms. The second-order valence-corrected chi connectivity index (χ2v) is 6.55. The number of ether oxygens (including phenoxy) is 1. The van der Waals surface area contributed by atoms with Gasteiger partial charge in [0.1, 0.15) is 0 Å². The van der Waals surface area contributed by atoms with Gasteiger partial charge in [-0.1, -0.05) is 26.7 Å². The van der Waals surface area contributed by atoms with Crippen LogP contribution in [0.15, 0.2) is 0 Å². The predicted molar refractivity (Wildman–Crippen MR) is 79.4 cm³/mol. The quantitative estimate of drug-likeness (QED) is 0.667. The van der Waals surface area contributed by atoms with Gasteiger partial charge in [0, 0.05) is 32.8 Å². The summed E-state index contributed by atoms with van der Waals surface area (Å²) in [5.74, 6) is 0.